The second-order valence-electron chi connectivity index (χ2n) is 6.79. The van der Waals surface area contributed by atoms with Crippen molar-refractivity contribution in [3.63, 3.8) is 0 Å². The Morgan fingerprint density at radius 1 is 1.25 bits per heavy atom. The minimum Gasteiger partial charge on any atom is -0.481 e. The Morgan fingerprint density at radius 2 is 1.95 bits per heavy atom. The zero-order chi connectivity index (χ0) is 14.8. The molecule has 1 saturated carbocycles. The molecule has 1 unspecified atom stereocenters. The normalized spacial score (nSPS) is 28.6. The molecule has 20 heavy (non-hydrogen) atoms. The number of likely N-dealkylation sites (tertiary alicyclic amines) is 1. The Hall–Kier alpha value is -1.26. The van der Waals surface area contributed by atoms with Gasteiger partial charge >= 0.3 is 12.0 Å². The van der Waals surface area contributed by atoms with Crippen molar-refractivity contribution in [3.05, 3.63) is 0 Å². The number of hydrogen-bond acceptors (Lipinski definition) is 2. The summed E-state index contributed by atoms with van der Waals surface area (Å²) in [5, 5.41) is 12.4. The van der Waals surface area contributed by atoms with Crippen LogP contribution in [0.5, 0.6) is 0 Å². The van der Waals surface area contributed by atoms with E-state index in [2.05, 4.69) is 12.2 Å². The van der Waals surface area contributed by atoms with Crippen LogP contribution >= 0.6 is 0 Å². The number of carbonyl (C=O) groups is 2. The maximum atomic E-state index is 12.2. The molecule has 0 aromatic heterocycles. The van der Waals surface area contributed by atoms with Gasteiger partial charge in [0.05, 0.1) is 5.41 Å². The second kappa shape index (κ2) is 5.62. The van der Waals surface area contributed by atoms with Crippen molar-refractivity contribution >= 4 is 12.0 Å². The molecule has 0 aromatic rings. The van der Waals surface area contributed by atoms with Crippen molar-refractivity contribution < 1.29 is 14.7 Å². The molecule has 2 aliphatic rings. The lowest BCUT2D eigenvalue weighted by Crippen LogP contribution is -2.53. The molecule has 1 aliphatic heterocycles. The first kappa shape index (κ1) is 15.1. The number of nitrogens with one attached hydrogen (secondary N) is 1. The minimum atomic E-state index is -0.775. The van der Waals surface area contributed by atoms with Crippen LogP contribution in [0.15, 0.2) is 0 Å². The molecule has 1 heterocycles. The third kappa shape index (κ3) is 2.91. The fourth-order valence-electron chi connectivity index (χ4n) is 3.28. The molecule has 0 bridgehead atoms. The van der Waals surface area contributed by atoms with Crippen LogP contribution in [-0.4, -0.2) is 41.6 Å². The highest BCUT2D eigenvalue weighted by atomic mass is 16.4. The van der Waals surface area contributed by atoms with Crippen molar-refractivity contribution in [1.82, 2.24) is 10.2 Å². The minimum absolute atomic E-state index is 0.100. The van der Waals surface area contributed by atoms with Crippen molar-refractivity contribution in [2.24, 2.45) is 10.8 Å². The lowest BCUT2D eigenvalue weighted by molar-refractivity contribution is -0.152. The number of carbonyl (C=O) groups excluding carboxylic acids is 1. The monoisotopic (exact) mass is 282 g/mol. The molecule has 2 fully saturated rings. The fraction of sp³-hybridized carbons (Fsp3) is 0.867. The van der Waals surface area contributed by atoms with E-state index in [0.29, 0.717) is 32.5 Å². The van der Waals surface area contributed by atoms with E-state index in [4.69, 9.17) is 0 Å². The van der Waals surface area contributed by atoms with Crippen LogP contribution in [0.25, 0.3) is 0 Å². The van der Waals surface area contributed by atoms with Crippen LogP contribution < -0.4 is 5.32 Å². The number of amides is 2. The quantitative estimate of drug-likeness (QED) is 0.832. The molecule has 0 aromatic carbocycles. The summed E-state index contributed by atoms with van der Waals surface area (Å²) >= 11 is 0. The van der Waals surface area contributed by atoms with E-state index in [1.54, 1.807) is 4.90 Å². The van der Waals surface area contributed by atoms with E-state index in [9.17, 15) is 14.7 Å². The van der Waals surface area contributed by atoms with Crippen molar-refractivity contribution in [2.75, 3.05) is 19.6 Å². The predicted octanol–water partition coefficient (Wildman–Crippen LogP) is 2.46. The molecule has 1 atom stereocenters. The molecule has 5 nitrogen and oxygen atoms in total. The average molecular weight is 282 g/mol. The van der Waals surface area contributed by atoms with Gasteiger partial charge in [-0.25, -0.2) is 4.79 Å². The van der Waals surface area contributed by atoms with Gasteiger partial charge < -0.3 is 15.3 Å². The highest BCUT2D eigenvalue weighted by Crippen LogP contribution is 2.39. The largest absolute Gasteiger partial charge is 0.481 e. The van der Waals surface area contributed by atoms with E-state index in [0.717, 1.165) is 6.42 Å². The van der Waals surface area contributed by atoms with Crippen molar-refractivity contribution in [3.8, 4) is 0 Å². The molecule has 1 saturated heterocycles. The molecule has 0 spiro atoms. The van der Waals surface area contributed by atoms with Crippen LogP contribution in [0.2, 0.25) is 0 Å². The zero-order valence-electron chi connectivity index (χ0n) is 12.6. The summed E-state index contributed by atoms with van der Waals surface area (Å²) in [7, 11) is 0. The molecule has 114 valence electrons. The maximum Gasteiger partial charge on any atom is 0.317 e. The number of carboxylic acids is 1. The molecular formula is C15H26N2O3. The van der Waals surface area contributed by atoms with Crippen molar-refractivity contribution in [1.29, 1.82) is 0 Å². The van der Waals surface area contributed by atoms with Crippen LogP contribution in [0.1, 0.15) is 52.4 Å². The van der Waals surface area contributed by atoms with E-state index < -0.39 is 11.4 Å². The summed E-state index contributed by atoms with van der Waals surface area (Å²) in [6.45, 7) is 5.79. The van der Waals surface area contributed by atoms with Crippen LogP contribution in [0.3, 0.4) is 0 Å². The second-order valence-corrected chi connectivity index (χ2v) is 6.79. The first-order chi connectivity index (χ1) is 9.41. The van der Waals surface area contributed by atoms with Crippen LogP contribution in [0.4, 0.5) is 4.79 Å². The Balaban J connectivity index is 1.91. The standard InChI is InChI=1S/C15H26N2O3/c1-3-15(12(18)19)8-5-9-17(11-15)13(20)16-10-14(2)6-4-7-14/h3-11H2,1-2H3,(H,16,20)(H,18,19). The summed E-state index contributed by atoms with van der Waals surface area (Å²) in [5.41, 5.74) is -0.504. The Morgan fingerprint density at radius 3 is 2.45 bits per heavy atom. The summed E-state index contributed by atoms with van der Waals surface area (Å²) < 4.78 is 0. The predicted molar refractivity (Wildman–Crippen MR) is 76.5 cm³/mol. The van der Waals surface area contributed by atoms with Gasteiger partial charge in [-0.15, -0.1) is 0 Å². The number of piperidine rings is 1. The smallest absolute Gasteiger partial charge is 0.317 e. The van der Waals surface area contributed by atoms with Gasteiger partial charge in [0.15, 0.2) is 0 Å². The summed E-state index contributed by atoms with van der Waals surface area (Å²) in [6.07, 6.45) is 5.59. The Bertz CT molecular complexity index is 393. The summed E-state index contributed by atoms with van der Waals surface area (Å²) in [5.74, 6) is -0.775. The van der Waals surface area contributed by atoms with Crippen LogP contribution in [0, 0.1) is 10.8 Å². The van der Waals surface area contributed by atoms with E-state index in [1.165, 1.54) is 19.3 Å². The van der Waals surface area contributed by atoms with Crippen LogP contribution in [-0.2, 0) is 4.79 Å². The van der Waals surface area contributed by atoms with E-state index in [-0.39, 0.29) is 11.4 Å². The first-order valence-electron chi connectivity index (χ1n) is 7.67. The Labute approximate surface area is 120 Å². The molecule has 2 rings (SSSR count). The lowest BCUT2D eigenvalue weighted by Gasteiger charge is -2.41. The van der Waals surface area contributed by atoms with Gasteiger partial charge in [0.1, 0.15) is 0 Å². The number of aliphatic carboxylic acids is 1. The summed E-state index contributed by atoms with van der Waals surface area (Å²) in [6, 6.07) is -0.100. The molecule has 2 N–H and O–H groups in total. The van der Waals surface area contributed by atoms with Gasteiger partial charge in [-0.3, -0.25) is 4.79 Å². The molecule has 5 heteroatoms. The molecular weight excluding hydrogens is 256 g/mol. The van der Waals surface area contributed by atoms with Gasteiger partial charge in [-0.05, 0) is 37.5 Å². The number of rotatable bonds is 4. The lowest BCUT2D eigenvalue weighted by atomic mass is 9.70. The highest BCUT2D eigenvalue weighted by molar-refractivity contribution is 5.78. The zero-order valence-corrected chi connectivity index (χ0v) is 12.6. The number of carboxylic acid groups (broad SMARTS) is 1. The number of nitrogens with zero attached hydrogens (tertiary/aromatic N) is 1. The van der Waals surface area contributed by atoms with Gasteiger partial charge in [0.25, 0.3) is 0 Å². The topological polar surface area (TPSA) is 69.6 Å². The van der Waals surface area contributed by atoms with Crippen molar-refractivity contribution in [2.45, 2.75) is 52.4 Å². The third-order valence-corrected chi connectivity index (χ3v) is 5.22. The average Bonchev–Trinajstić information content (AvgIpc) is 2.42. The third-order valence-electron chi connectivity index (χ3n) is 5.22. The highest BCUT2D eigenvalue weighted by Gasteiger charge is 2.42. The first-order valence-corrected chi connectivity index (χ1v) is 7.67. The van der Waals surface area contributed by atoms with Gasteiger partial charge in [-0.2, -0.15) is 0 Å². The Kier molecular flexibility index (Phi) is 4.25. The van der Waals surface area contributed by atoms with Gasteiger partial charge in [0, 0.05) is 19.6 Å². The van der Waals surface area contributed by atoms with E-state index in [1.807, 2.05) is 6.92 Å². The van der Waals surface area contributed by atoms with Gasteiger partial charge in [-0.1, -0.05) is 20.3 Å². The maximum absolute atomic E-state index is 12.2. The molecule has 2 amide bonds. The number of hydrogen-bond donors (Lipinski definition) is 2. The molecule has 0 radical (unpaired) electrons. The SMILES string of the molecule is CCC1(C(=O)O)CCCN(C(=O)NCC2(C)CCC2)C1. The summed E-state index contributed by atoms with van der Waals surface area (Å²) in [4.78, 5) is 25.4. The number of urea groups is 1. The van der Waals surface area contributed by atoms with Gasteiger partial charge in [0.2, 0.25) is 0 Å². The molecule has 1 aliphatic carbocycles. The fourth-order valence-corrected chi connectivity index (χ4v) is 3.28. The van der Waals surface area contributed by atoms with E-state index >= 15 is 0 Å².